The van der Waals surface area contributed by atoms with E-state index < -0.39 is 0 Å². The van der Waals surface area contributed by atoms with Crippen LogP contribution in [0.2, 0.25) is 5.02 Å². The molecule has 0 aliphatic carbocycles. The van der Waals surface area contributed by atoms with E-state index in [1.165, 1.54) is 18.5 Å². The molecular formula is C32H41ClN5Na. The van der Waals surface area contributed by atoms with Gasteiger partial charge in [-0.1, -0.05) is 75.7 Å². The molecule has 0 spiro atoms. The van der Waals surface area contributed by atoms with Crippen LogP contribution in [0, 0.1) is 0 Å². The number of hydrogen-bond donors (Lipinski definition) is 0. The van der Waals surface area contributed by atoms with Crippen LogP contribution in [0.15, 0.2) is 67.4 Å². The summed E-state index contributed by atoms with van der Waals surface area (Å²) < 4.78 is 0. The molecule has 3 heterocycles. The van der Waals surface area contributed by atoms with Gasteiger partial charge in [-0.25, -0.2) is 4.98 Å². The molecule has 0 saturated carbocycles. The molecule has 0 bridgehead atoms. The molecule has 3 aromatic rings. The summed E-state index contributed by atoms with van der Waals surface area (Å²) >= 11 is 6.69. The number of anilines is 1. The van der Waals surface area contributed by atoms with Crippen molar-refractivity contribution >= 4 is 33.9 Å². The molecule has 2 aliphatic heterocycles. The fraction of sp³-hybridized carbons (Fsp3) is 0.406. The van der Waals surface area contributed by atoms with Crippen molar-refractivity contribution < 1.29 is 29.6 Å². The van der Waals surface area contributed by atoms with E-state index in [1.54, 1.807) is 0 Å². The Labute approximate surface area is 262 Å². The summed E-state index contributed by atoms with van der Waals surface area (Å²) in [6.45, 7) is 22.5. The van der Waals surface area contributed by atoms with Gasteiger partial charge in [-0.15, -0.1) is 13.1 Å². The topological polar surface area (TPSA) is 36.7 Å². The SMILES string of the molecule is C=C(C)N1CCN(C(=C)c2ccc3c(Cl)cc(-c4ccc(N5CC[N-]CC5)cc4)nc3c2)CC1.CCCC.[Na+]. The van der Waals surface area contributed by atoms with E-state index in [9.17, 15) is 0 Å². The van der Waals surface area contributed by atoms with Gasteiger partial charge in [0.25, 0.3) is 0 Å². The number of hydrogen-bond acceptors (Lipinski definition) is 4. The average Bonchev–Trinajstić information content (AvgIpc) is 2.97. The minimum absolute atomic E-state index is 0. The fourth-order valence-corrected chi connectivity index (χ4v) is 5.02. The van der Waals surface area contributed by atoms with Gasteiger partial charge in [-0.05, 0) is 49.8 Å². The average molecular weight is 554 g/mol. The first-order valence-electron chi connectivity index (χ1n) is 13.8. The van der Waals surface area contributed by atoms with Gasteiger partial charge in [-0.2, -0.15) is 0 Å². The summed E-state index contributed by atoms with van der Waals surface area (Å²) in [4.78, 5) is 12.0. The molecule has 1 aromatic heterocycles. The largest absolute Gasteiger partial charge is 1.00 e. The Bertz CT molecular complexity index is 1240. The van der Waals surface area contributed by atoms with Gasteiger partial charge in [0, 0.05) is 54.2 Å². The molecule has 5 nitrogen and oxygen atoms in total. The summed E-state index contributed by atoms with van der Waals surface area (Å²) in [6, 6.07) is 16.8. The van der Waals surface area contributed by atoms with Gasteiger partial charge in [0.2, 0.25) is 0 Å². The minimum atomic E-state index is 0. The molecule has 0 N–H and O–H groups in total. The standard InChI is InChI=1S/C28H31ClN5.C4H10.Na/c1-20(2)32-14-16-33(17-15-32)21(3)23-6-9-25-26(29)19-27(31-28(25)18-23)22-4-7-24(8-5-22)34-12-10-30-11-13-34;1-3-4-2;/h4-9,18-19H,1,3,10-17H2,2H3;3-4H2,1-2H3;/q-1;;+1. The van der Waals surface area contributed by atoms with Crippen molar-refractivity contribution in [1.82, 2.24) is 14.8 Å². The van der Waals surface area contributed by atoms with Crippen molar-refractivity contribution in [2.45, 2.75) is 33.6 Å². The second-order valence-corrected chi connectivity index (χ2v) is 10.5. The predicted molar refractivity (Wildman–Crippen MR) is 165 cm³/mol. The van der Waals surface area contributed by atoms with Gasteiger partial charge in [0.15, 0.2) is 0 Å². The molecule has 2 fully saturated rings. The Morgan fingerprint density at radius 2 is 1.49 bits per heavy atom. The van der Waals surface area contributed by atoms with E-state index in [1.807, 2.05) is 6.07 Å². The third-order valence-electron chi connectivity index (χ3n) is 7.38. The van der Waals surface area contributed by atoms with Crippen LogP contribution < -0.4 is 34.5 Å². The normalized spacial score (nSPS) is 15.3. The van der Waals surface area contributed by atoms with Crippen molar-refractivity contribution in [3.05, 3.63) is 83.3 Å². The molecule has 202 valence electrons. The maximum Gasteiger partial charge on any atom is 1.00 e. The number of fused-ring (bicyclic) bond motifs is 1. The number of unbranched alkanes of at least 4 members (excludes halogenated alkanes) is 1. The molecule has 0 unspecified atom stereocenters. The van der Waals surface area contributed by atoms with E-state index in [0.717, 1.165) is 91.5 Å². The molecular weight excluding hydrogens is 513 g/mol. The van der Waals surface area contributed by atoms with Crippen LogP contribution in [0.4, 0.5) is 5.69 Å². The van der Waals surface area contributed by atoms with Gasteiger partial charge in [-0.3, -0.25) is 0 Å². The number of nitrogens with zero attached hydrogens (tertiary/aromatic N) is 5. The van der Waals surface area contributed by atoms with Crippen LogP contribution >= 0.6 is 11.6 Å². The van der Waals surface area contributed by atoms with Gasteiger partial charge in [0.1, 0.15) is 0 Å². The number of allylic oxidation sites excluding steroid dienone is 1. The number of rotatable bonds is 6. The molecule has 0 atom stereocenters. The smallest absolute Gasteiger partial charge is 0.659 e. The van der Waals surface area contributed by atoms with Crippen molar-refractivity contribution in [1.29, 1.82) is 0 Å². The van der Waals surface area contributed by atoms with Crippen LogP contribution in [0.5, 0.6) is 0 Å². The Morgan fingerprint density at radius 1 is 0.872 bits per heavy atom. The summed E-state index contributed by atoms with van der Waals surface area (Å²) in [5, 5.41) is 6.11. The Kier molecular flexibility index (Phi) is 12.2. The first-order valence-corrected chi connectivity index (χ1v) is 14.2. The minimum Gasteiger partial charge on any atom is -0.659 e. The van der Waals surface area contributed by atoms with Gasteiger partial charge < -0.3 is 20.0 Å². The van der Waals surface area contributed by atoms with E-state index in [2.05, 4.69) is 96.4 Å². The van der Waals surface area contributed by atoms with E-state index in [0.29, 0.717) is 5.02 Å². The molecule has 0 amide bonds. The van der Waals surface area contributed by atoms with Gasteiger partial charge in [0.05, 0.1) is 16.2 Å². The number of benzene rings is 2. The first-order chi connectivity index (χ1) is 18.4. The molecule has 2 aliphatic rings. The zero-order valence-electron chi connectivity index (χ0n) is 24.2. The predicted octanol–water partition coefficient (Wildman–Crippen LogP) is 4.68. The molecule has 0 radical (unpaired) electrons. The van der Waals surface area contributed by atoms with Crippen molar-refractivity contribution in [3.63, 3.8) is 0 Å². The third-order valence-corrected chi connectivity index (χ3v) is 7.69. The van der Waals surface area contributed by atoms with Crippen LogP contribution in [-0.4, -0.2) is 67.1 Å². The first kappa shape index (κ1) is 31.5. The number of piperazine rings is 2. The summed E-state index contributed by atoms with van der Waals surface area (Å²) in [6.07, 6.45) is 2.64. The Hall–Kier alpha value is -2.02. The van der Waals surface area contributed by atoms with Crippen LogP contribution in [-0.2, 0) is 0 Å². The molecule has 7 heteroatoms. The second-order valence-electron chi connectivity index (χ2n) is 10.1. The third kappa shape index (κ3) is 8.02. The second kappa shape index (κ2) is 15.1. The van der Waals surface area contributed by atoms with Gasteiger partial charge >= 0.3 is 29.6 Å². The quantitative estimate of drug-likeness (QED) is 0.415. The molecule has 2 aromatic carbocycles. The van der Waals surface area contributed by atoms with Crippen LogP contribution in [0.3, 0.4) is 0 Å². The Balaban J connectivity index is 0.000000788. The van der Waals surface area contributed by atoms with Crippen LogP contribution in [0.1, 0.15) is 39.2 Å². The monoisotopic (exact) mass is 553 g/mol. The zero-order valence-corrected chi connectivity index (χ0v) is 27.0. The maximum absolute atomic E-state index is 6.69. The molecule has 39 heavy (non-hydrogen) atoms. The summed E-state index contributed by atoms with van der Waals surface area (Å²) in [7, 11) is 0. The van der Waals surface area contributed by atoms with Crippen LogP contribution in [0.25, 0.3) is 33.2 Å². The van der Waals surface area contributed by atoms with Crippen molar-refractivity contribution in [2.24, 2.45) is 0 Å². The molecule has 2 saturated heterocycles. The maximum atomic E-state index is 6.69. The van der Waals surface area contributed by atoms with Crippen molar-refractivity contribution in [3.8, 4) is 11.3 Å². The van der Waals surface area contributed by atoms with E-state index >= 15 is 0 Å². The Morgan fingerprint density at radius 3 is 2.08 bits per heavy atom. The fourth-order valence-electron chi connectivity index (χ4n) is 4.76. The summed E-state index contributed by atoms with van der Waals surface area (Å²) in [5.74, 6) is 0. The summed E-state index contributed by atoms with van der Waals surface area (Å²) in [5.41, 5.74) is 7.32. The van der Waals surface area contributed by atoms with E-state index in [-0.39, 0.29) is 29.6 Å². The number of halogens is 1. The molecule has 5 rings (SSSR count). The van der Waals surface area contributed by atoms with Crippen molar-refractivity contribution in [2.75, 3.05) is 57.3 Å². The zero-order chi connectivity index (χ0) is 27.1. The number of pyridine rings is 1. The van der Waals surface area contributed by atoms with E-state index in [4.69, 9.17) is 16.6 Å². The number of aromatic nitrogens is 1.